The van der Waals surface area contributed by atoms with Crippen molar-refractivity contribution in [3.05, 3.63) is 28.2 Å². The third-order valence-electron chi connectivity index (χ3n) is 2.44. The van der Waals surface area contributed by atoms with Gasteiger partial charge in [0, 0.05) is 23.3 Å². The van der Waals surface area contributed by atoms with E-state index in [0.717, 1.165) is 25.0 Å². The second-order valence-electron chi connectivity index (χ2n) is 3.90. The first-order valence-electron chi connectivity index (χ1n) is 5.66. The first kappa shape index (κ1) is 15.3. The van der Waals surface area contributed by atoms with Crippen LogP contribution in [0.1, 0.15) is 24.8 Å². The van der Waals surface area contributed by atoms with Gasteiger partial charge in [0.15, 0.2) is 0 Å². The molecule has 18 heavy (non-hydrogen) atoms. The zero-order valence-corrected chi connectivity index (χ0v) is 11.3. The molecule has 6 heteroatoms. The van der Waals surface area contributed by atoms with Crippen LogP contribution in [0.15, 0.2) is 22.7 Å². The monoisotopic (exact) mass is 325 g/mol. The minimum Gasteiger partial charge on any atom is -0.396 e. The number of nitrogens with one attached hydrogen (secondary N) is 1. The largest absolute Gasteiger partial charge is 0.416 e. The van der Waals surface area contributed by atoms with Crippen LogP contribution in [0.4, 0.5) is 18.9 Å². The van der Waals surface area contributed by atoms with Crippen LogP contribution in [0.2, 0.25) is 0 Å². The van der Waals surface area contributed by atoms with Crippen molar-refractivity contribution in [2.24, 2.45) is 0 Å². The number of halogens is 4. The molecule has 0 saturated carbocycles. The average Bonchev–Trinajstić information content (AvgIpc) is 2.29. The van der Waals surface area contributed by atoms with Crippen molar-refractivity contribution < 1.29 is 18.3 Å². The number of alkyl halides is 3. The molecule has 0 unspecified atom stereocenters. The number of unbranched alkanes of at least 4 members (excludes halogenated alkanes) is 2. The Hall–Kier alpha value is -0.750. The van der Waals surface area contributed by atoms with E-state index in [1.165, 1.54) is 6.07 Å². The predicted molar refractivity (Wildman–Crippen MR) is 68.6 cm³/mol. The number of hydrogen-bond acceptors (Lipinski definition) is 2. The predicted octanol–water partition coefficient (Wildman–Crippen LogP) is 4.04. The lowest BCUT2D eigenvalue weighted by Crippen LogP contribution is -2.07. The van der Waals surface area contributed by atoms with Crippen molar-refractivity contribution in [1.82, 2.24) is 0 Å². The topological polar surface area (TPSA) is 32.3 Å². The molecule has 0 atom stereocenters. The maximum atomic E-state index is 12.5. The van der Waals surface area contributed by atoms with Gasteiger partial charge in [-0.1, -0.05) is 0 Å². The molecule has 0 aliphatic rings. The summed E-state index contributed by atoms with van der Waals surface area (Å²) in [4.78, 5) is 0. The Morgan fingerprint density at radius 2 is 1.89 bits per heavy atom. The molecule has 0 amide bonds. The van der Waals surface area contributed by atoms with Crippen molar-refractivity contribution in [2.75, 3.05) is 18.5 Å². The summed E-state index contributed by atoms with van der Waals surface area (Å²) in [6.07, 6.45) is -1.96. The Labute approximate surface area is 112 Å². The summed E-state index contributed by atoms with van der Waals surface area (Å²) >= 11 is 3.21. The minimum atomic E-state index is -4.33. The summed E-state index contributed by atoms with van der Waals surface area (Å²) in [7, 11) is 0. The Morgan fingerprint density at radius 3 is 2.50 bits per heavy atom. The van der Waals surface area contributed by atoms with Crippen LogP contribution >= 0.6 is 15.9 Å². The average molecular weight is 326 g/mol. The Kier molecular flexibility index (Phi) is 5.95. The van der Waals surface area contributed by atoms with Crippen LogP contribution in [-0.2, 0) is 6.18 Å². The molecule has 1 aromatic carbocycles. The minimum absolute atomic E-state index is 0.146. The summed E-state index contributed by atoms with van der Waals surface area (Å²) in [6, 6.07) is 3.52. The van der Waals surface area contributed by atoms with E-state index < -0.39 is 11.7 Å². The van der Waals surface area contributed by atoms with Gasteiger partial charge in [0.1, 0.15) is 0 Å². The number of anilines is 1. The van der Waals surface area contributed by atoms with E-state index in [0.29, 0.717) is 23.1 Å². The Balaban J connectivity index is 2.59. The fourth-order valence-corrected chi connectivity index (χ4v) is 1.86. The smallest absolute Gasteiger partial charge is 0.396 e. The number of rotatable bonds is 6. The molecular formula is C12H15BrF3NO. The lowest BCUT2D eigenvalue weighted by Gasteiger charge is -2.12. The molecule has 0 aromatic heterocycles. The van der Waals surface area contributed by atoms with E-state index >= 15 is 0 Å². The highest BCUT2D eigenvalue weighted by Gasteiger charge is 2.30. The molecule has 1 rings (SSSR count). The summed E-state index contributed by atoms with van der Waals surface area (Å²) in [5.41, 5.74) is -0.225. The van der Waals surface area contributed by atoms with Gasteiger partial charge >= 0.3 is 6.18 Å². The van der Waals surface area contributed by atoms with Crippen molar-refractivity contribution >= 4 is 21.6 Å². The number of aliphatic hydroxyl groups excluding tert-OH is 1. The van der Waals surface area contributed by atoms with Crippen molar-refractivity contribution in [3.8, 4) is 0 Å². The number of benzene rings is 1. The van der Waals surface area contributed by atoms with Gasteiger partial charge in [-0.15, -0.1) is 0 Å². The van der Waals surface area contributed by atoms with E-state index in [4.69, 9.17) is 5.11 Å². The van der Waals surface area contributed by atoms with Crippen LogP contribution < -0.4 is 5.32 Å². The second-order valence-corrected chi connectivity index (χ2v) is 4.76. The zero-order chi connectivity index (χ0) is 13.6. The molecular weight excluding hydrogens is 311 g/mol. The molecule has 0 radical (unpaired) electrons. The molecule has 0 saturated heterocycles. The van der Waals surface area contributed by atoms with E-state index in [9.17, 15) is 13.2 Å². The van der Waals surface area contributed by atoms with Gasteiger partial charge in [-0.2, -0.15) is 13.2 Å². The second kappa shape index (κ2) is 6.99. The SMILES string of the molecule is OCCCCCNc1cc(C(F)(F)F)ccc1Br. The molecule has 1 aromatic rings. The zero-order valence-electron chi connectivity index (χ0n) is 9.73. The lowest BCUT2D eigenvalue weighted by molar-refractivity contribution is -0.137. The molecule has 0 spiro atoms. The third-order valence-corrected chi connectivity index (χ3v) is 3.14. The quantitative estimate of drug-likeness (QED) is 0.773. The molecule has 2 nitrogen and oxygen atoms in total. The van der Waals surface area contributed by atoms with Crippen LogP contribution in [-0.4, -0.2) is 18.3 Å². The van der Waals surface area contributed by atoms with E-state index in [1.807, 2.05) is 0 Å². The number of hydrogen-bond donors (Lipinski definition) is 2. The first-order chi connectivity index (χ1) is 8.45. The van der Waals surface area contributed by atoms with E-state index in [2.05, 4.69) is 21.2 Å². The van der Waals surface area contributed by atoms with Crippen LogP contribution in [0, 0.1) is 0 Å². The molecule has 0 bridgehead atoms. The highest BCUT2D eigenvalue weighted by Crippen LogP contribution is 2.33. The van der Waals surface area contributed by atoms with Crippen molar-refractivity contribution in [1.29, 1.82) is 0 Å². The van der Waals surface area contributed by atoms with Crippen LogP contribution in [0.5, 0.6) is 0 Å². The summed E-state index contributed by atoms with van der Waals surface area (Å²) in [6.45, 7) is 0.729. The summed E-state index contributed by atoms with van der Waals surface area (Å²) < 4.78 is 38.2. The molecule has 0 fully saturated rings. The van der Waals surface area contributed by atoms with E-state index in [1.54, 1.807) is 0 Å². The number of aliphatic hydroxyl groups is 1. The van der Waals surface area contributed by atoms with Gasteiger partial charge in [-0.05, 0) is 53.4 Å². The van der Waals surface area contributed by atoms with Gasteiger partial charge in [0.2, 0.25) is 0 Å². The van der Waals surface area contributed by atoms with E-state index in [-0.39, 0.29) is 6.61 Å². The first-order valence-corrected chi connectivity index (χ1v) is 6.46. The lowest BCUT2D eigenvalue weighted by atomic mass is 10.2. The Bertz CT molecular complexity index is 382. The Morgan fingerprint density at radius 1 is 1.17 bits per heavy atom. The highest BCUT2D eigenvalue weighted by molar-refractivity contribution is 9.10. The normalized spacial score (nSPS) is 11.6. The molecule has 0 heterocycles. The van der Waals surface area contributed by atoms with Gasteiger partial charge in [0.25, 0.3) is 0 Å². The molecule has 102 valence electrons. The third kappa shape index (κ3) is 4.86. The van der Waals surface area contributed by atoms with Crippen molar-refractivity contribution in [3.63, 3.8) is 0 Å². The van der Waals surface area contributed by atoms with Gasteiger partial charge in [-0.3, -0.25) is 0 Å². The maximum Gasteiger partial charge on any atom is 0.416 e. The fourth-order valence-electron chi connectivity index (χ4n) is 1.47. The van der Waals surface area contributed by atoms with Gasteiger partial charge in [-0.25, -0.2) is 0 Å². The molecule has 2 N–H and O–H groups in total. The summed E-state index contributed by atoms with van der Waals surface area (Å²) in [5, 5.41) is 11.6. The molecule has 0 aliphatic carbocycles. The molecule has 0 aliphatic heterocycles. The van der Waals surface area contributed by atoms with Crippen LogP contribution in [0.3, 0.4) is 0 Å². The standard InChI is InChI=1S/C12H15BrF3NO/c13-10-5-4-9(12(14,15)16)8-11(10)17-6-2-1-3-7-18/h4-5,8,17-18H,1-3,6-7H2. The maximum absolute atomic E-state index is 12.5. The summed E-state index contributed by atoms with van der Waals surface area (Å²) in [5.74, 6) is 0. The van der Waals surface area contributed by atoms with Crippen LogP contribution in [0.25, 0.3) is 0 Å². The van der Waals surface area contributed by atoms with Crippen molar-refractivity contribution in [2.45, 2.75) is 25.4 Å². The fraction of sp³-hybridized carbons (Fsp3) is 0.500. The highest BCUT2D eigenvalue weighted by atomic mass is 79.9. The van der Waals surface area contributed by atoms with Gasteiger partial charge < -0.3 is 10.4 Å². The van der Waals surface area contributed by atoms with Gasteiger partial charge in [0.05, 0.1) is 5.56 Å².